The lowest BCUT2D eigenvalue weighted by Crippen LogP contribution is -2.45. The van der Waals surface area contributed by atoms with Gasteiger partial charge in [0.2, 0.25) is 0 Å². The summed E-state index contributed by atoms with van der Waals surface area (Å²) in [5.74, 6) is -0.757. The summed E-state index contributed by atoms with van der Waals surface area (Å²) in [6, 6.07) is 0. The highest BCUT2D eigenvalue weighted by molar-refractivity contribution is 7.88. The molecule has 0 aromatic heterocycles. The van der Waals surface area contributed by atoms with Gasteiger partial charge >= 0.3 is 22.3 Å². The summed E-state index contributed by atoms with van der Waals surface area (Å²) in [5.41, 5.74) is -1.55. The largest absolute Gasteiger partial charge is 0.459 e. The molecule has 8 nitrogen and oxygen atoms in total. The summed E-state index contributed by atoms with van der Waals surface area (Å²) < 4.78 is 36.1. The Morgan fingerprint density at radius 3 is 1.80 bits per heavy atom. The monoisotopic (exact) mass is 310 g/mol. The zero-order valence-corrected chi connectivity index (χ0v) is 13.4. The SMILES string of the molecule is CC(C)(C)OC(=O)CNS(=O)(=O)NC(=O)OC(C)(C)C. The lowest BCUT2D eigenvalue weighted by molar-refractivity contribution is -0.153. The van der Waals surface area contributed by atoms with Gasteiger partial charge in [0.05, 0.1) is 0 Å². The van der Waals surface area contributed by atoms with Gasteiger partial charge in [-0.2, -0.15) is 13.1 Å². The molecule has 0 bridgehead atoms. The van der Waals surface area contributed by atoms with Crippen molar-refractivity contribution in [1.82, 2.24) is 9.44 Å². The summed E-state index contributed by atoms with van der Waals surface area (Å²) >= 11 is 0. The molecule has 0 saturated heterocycles. The van der Waals surface area contributed by atoms with E-state index in [2.05, 4.69) is 0 Å². The van der Waals surface area contributed by atoms with Gasteiger partial charge in [-0.05, 0) is 41.5 Å². The van der Waals surface area contributed by atoms with Crippen LogP contribution in [0.2, 0.25) is 0 Å². The van der Waals surface area contributed by atoms with Crippen LogP contribution in [-0.2, 0) is 24.5 Å². The Bertz CT molecular complexity index is 458. The Hall–Kier alpha value is -1.35. The van der Waals surface area contributed by atoms with E-state index in [1.807, 2.05) is 4.72 Å². The third-order valence-corrected chi connectivity index (χ3v) is 2.40. The van der Waals surface area contributed by atoms with Gasteiger partial charge in [0.25, 0.3) is 0 Å². The molecule has 118 valence electrons. The standard InChI is InChI=1S/C11H22N2O6S/c1-10(2,3)18-8(14)7-12-20(16,17)13-9(15)19-11(4,5)6/h12H,7H2,1-6H3,(H,13,15). The topological polar surface area (TPSA) is 111 Å². The van der Waals surface area contributed by atoms with Crippen LogP contribution in [0.25, 0.3) is 0 Å². The first-order valence-corrected chi connectivity index (χ1v) is 7.41. The van der Waals surface area contributed by atoms with Crippen LogP contribution in [0.5, 0.6) is 0 Å². The molecular weight excluding hydrogens is 288 g/mol. The van der Waals surface area contributed by atoms with Gasteiger partial charge in [-0.3, -0.25) is 4.79 Å². The van der Waals surface area contributed by atoms with Crippen LogP contribution in [-0.4, -0.2) is 38.2 Å². The van der Waals surface area contributed by atoms with E-state index in [4.69, 9.17) is 9.47 Å². The molecule has 0 atom stereocenters. The summed E-state index contributed by atoms with van der Waals surface area (Å²) in [5, 5.41) is 0. The van der Waals surface area contributed by atoms with Gasteiger partial charge in [0.1, 0.15) is 17.7 Å². The molecule has 0 rings (SSSR count). The second-order valence-electron chi connectivity index (χ2n) is 6.01. The number of rotatable bonds is 4. The fraction of sp³-hybridized carbons (Fsp3) is 0.818. The average molecular weight is 310 g/mol. The predicted octanol–water partition coefficient (Wildman–Crippen LogP) is 0.687. The Morgan fingerprint density at radius 2 is 1.40 bits per heavy atom. The van der Waals surface area contributed by atoms with Crippen molar-refractivity contribution in [2.75, 3.05) is 6.54 Å². The van der Waals surface area contributed by atoms with Crippen molar-refractivity contribution in [1.29, 1.82) is 0 Å². The van der Waals surface area contributed by atoms with Crippen LogP contribution in [0.4, 0.5) is 4.79 Å². The predicted molar refractivity (Wildman–Crippen MR) is 72.1 cm³/mol. The lowest BCUT2D eigenvalue weighted by Gasteiger charge is -2.20. The first kappa shape index (κ1) is 18.7. The Balaban J connectivity index is 4.34. The van der Waals surface area contributed by atoms with Crippen molar-refractivity contribution in [3.63, 3.8) is 0 Å². The highest BCUT2D eigenvalue weighted by Gasteiger charge is 2.23. The number of esters is 1. The maximum atomic E-state index is 11.5. The summed E-state index contributed by atoms with van der Waals surface area (Å²) in [7, 11) is -4.18. The van der Waals surface area contributed by atoms with Crippen LogP contribution >= 0.6 is 0 Å². The molecule has 1 amide bonds. The minimum atomic E-state index is -4.18. The normalized spacial score (nSPS) is 12.7. The van der Waals surface area contributed by atoms with Crippen molar-refractivity contribution in [2.45, 2.75) is 52.7 Å². The van der Waals surface area contributed by atoms with Crippen LogP contribution in [0.1, 0.15) is 41.5 Å². The van der Waals surface area contributed by atoms with Gasteiger partial charge in [0.15, 0.2) is 0 Å². The molecule has 20 heavy (non-hydrogen) atoms. The van der Waals surface area contributed by atoms with E-state index in [0.29, 0.717) is 0 Å². The zero-order chi connectivity index (χ0) is 16.2. The first-order valence-electron chi connectivity index (χ1n) is 5.92. The van der Waals surface area contributed by atoms with Gasteiger partial charge in [-0.25, -0.2) is 9.52 Å². The molecular formula is C11H22N2O6S. The van der Waals surface area contributed by atoms with Crippen molar-refractivity contribution in [3.8, 4) is 0 Å². The summed E-state index contributed by atoms with van der Waals surface area (Å²) in [4.78, 5) is 22.6. The number of nitrogens with one attached hydrogen (secondary N) is 2. The summed E-state index contributed by atoms with van der Waals surface area (Å²) in [6.45, 7) is 9.14. The molecule has 0 saturated carbocycles. The van der Waals surface area contributed by atoms with Crippen LogP contribution < -0.4 is 9.44 Å². The van der Waals surface area contributed by atoms with Crippen LogP contribution in [0.15, 0.2) is 0 Å². The van der Waals surface area contributed by atoms with Gasteiger partial charge in [-0.15, -0.1) is 0 Å². The molecule has 0 heterocycles. The van der Waals surface area contributed by atoms with Gasteiger partial charge < -0.3 is 9.47 Å². The minimum Gasteiger partial charge on any atom is -0.459 e. The second-order valence-corrected chi connectivity index (χ2v) is 7.51. The van der Waals surface area contributed by atoms with E-state index in [1.165, 1.54) is 0 Å². The van der Waals surface area contributed by atoms with E-state index < -0.39 is 40.0 Å². The number of carbonyl (C=O) groups is 2. The number of hydrogen-bond acceptors (Lipinski definition) is 6. The first-order chi connectivity index (χ1) is 8.70. The third-order valence-electron chi connectivity index (χ3n) is 1.44. The van der Waals surface area contributed by atoms with Crippen LogP contribution in [0, 0.1) is 0 Å². The third kappa shape index (κ3) is 10.6. The van der Waals surface area contributed by atoms with E-state index in [0.717, 1.165) is 0 Å². The van der Waals surface area contributed by atoms with Crippen molar-refractivity contribution in [3.05, 3.63) is 0 Å². The molecule has 0 fully saturated rings. The number of carbonyl (C=O) groups excluding carboxylic acids is 2. The lowest BCUT2D eigenvalue weighted by atomic mass is 10.2. The van der Waals surface area contributed by atoms with Crippen molar-refractivity contribution >= 4 is 22.3 Å². The maximum absolute atomic E-state index is 11.5. The van der Waals surface area contributed by atoms with E-state index in [1.54, 1.807) is 46.3 Å². The molecule has 0 aromatic carbocycles. The quantitative estimate of drug-likeness (QED) is 0.739. The molecule has 0 aliphatic carbocycles. The molecule has 0 aromatic rings. The maximum Gasteiger partial charge on any atom is 0.422 e. The summed E-state index contributed by atoms with van der Waals surface area (Å²) in [6.07, 6.45) is -1.13. The number of hydrogen-bond donors (Lipinski definition) is 2. The molecule has 0 spiro atoms. The average Bonchev–Trinajstić information content (AvgIpc) is 2.07. The fourth-order valence-electron chi connectivity index (χ4n) is 0.976. The Labute approximate surface area is 119 Å². The number of amides is 1. The molecule has 9 heteroatoms. The highest BCUT2D eigenvalue weighted by Crippen LogP contribution is 2.07. The molecule has 2 N–H and O–H groups in total. The second kappa shape index (κ2) is 6.40. The van der Waals surface area contributed by atoms with Gasteiger partial charge in [0, 0.05) is 0 Å². The van der Waals surface area contributed by atoms with Crippen molar-refractivity contribution in [2.24, 2.45) is 0 Å². The highest BCUT2D eigenvalue weighted by atomic mass is 32.2. The molecule has 0 radical (unpaired) electrons. The van der Waals surface area contributed by atoms with Gasteiger partial charge in [-0.1, -0.05) is 0 Å². The Morgan fingerprint density at radius 1 is 0.950 bits per heavy atom. The molecule has 0 aliphatic rings. The molecule has 0 unspecified atom stereocenters. The minimum absolute atomic E-state index is 0.588. The van der Waals surface area contributed by atoms with E-state index in [-0.39, 0.29) is 0 Å². The van der Waals surface area contributed by atoms with E-state index in [9.17, 15) is 18.0 Å². The fourth-order valence-corrected chi connectivity index (χ4v) is 1.62. The van der Waals surface area contributed by atoms with E-state index >= 15 is 0 Å². The molecule has 0 aliphatic heterocycles. The van der Waals surface area contributed by atoms with Crippen molar-refractivity contribution < 1.29 is 27.5 Å². The zero-order valence-electron chi connectivity index (χ0n) is 12.6. The number of ether oxygens (including phenoxy) is 2. The Kier molecular flexibility index (Phi) is 5.97. The van der Waals surface area contributed by atoms with Crippen LogP contribution in [0.3, 0.4) is 0 Å². The smallest absolute Gasteiger partial charge is 0.422 e.